The molecule has 0 spiro atoms. The number of para-hydroxylation sites is 2. The molecular weight excluding hydrogens is 499 g/mol. The molecule has 8 nitrogen and oxygen atoms in total. The van der Waals surface area contributed by atoms with Gasteiger partial charge >= 0.3 is 0 Å². The predicted octanol–water partition coefficient (Wildman–Crippen LogP) is 4.73. The summed E-state index contributed by atoms with van der Waals surface area (Å²) in [6, 6.07) is 14.2. The van der Waals surface area contributed by atoms with Gasteiger partial charge in [-0.15, -0.1) is 0 Å². The molecule has 0 heterocycles. The van der Waals surface area contributed by atoms with Gasteiger partial charge in [-0.3, -0.25) is 9.10 Å². The van der Waals surface area contributed by atoms with Crippen LogP contribution in [0.1, 0.15) is 6.92 Å². The van der Waals surface area contributed by atoms with Crippen molar-refractivity contribution in [1.29, 1.82) is 0 Å². The smallest absolute Gasteiger partial charge is 0.264 e. The topological polar surface area (TPSA) is 94.2 Å². The fourth-order valence-corrected chi connectivity index (χ4v) is 4.83. The van der Waals surface area contributed by atoms with E-state index >= 15 is 0 Å². The third-order valence-corrected chi connectivity index (χ3v) is 6.94. The molecule has 0 aliphatic carbocycles. The van der Waals surface area contributed by atoms with Gasteiger partial charge in [-0.1, -0.05) is 23.7 Å². The number of ether oxygens (including phenoxy) is 3. The van der Waals surface area contributed by atoms with Gasteiger partial charge in [0, 0.05) is 6.07 Å². The van der Waals surface area contributed by atoms with E-state index in [1.165, 1.54) is 38.5 Å². The first-order chi connectivity index (χ1) is 16.7. The average molecular weight is 523 g/mol. The number of hydrogen-bond acceptors (Lipinski definition) is 6. The van der Waals surface area contributed by atoms with Crippen molar-refractivity contribution in [2.24, 2.45) is 0 Å². The number of carbonyl (C=O) groups is 1. The molecule has 0 saturated carbocycles. The summed E-state index contributed by atoms with van der Waals surface area (Å²) in [4.78, 5) is 12.8. The number of nitrogens with zero attached hydrogens (tertiary/aromatic N) is 1. The number of anilines is 2. The van der Waals surface area contributed by atoms with Gasteiger partial charge in [-0.2, -0.15) is 0 Å². The van der Waals surface area contributed by atoms with Crippen LogP contribution in [0.2, 0.25) is 5.02 Å². The highest BCUT2D eigenvalue weighted by Gasteiger charge is 2.29. The molecule has 0 aromatic heterocycles. The molecule has 3 aromatic carbocycles. The van der Waals surface area contributed by atoms with Crippen molar-refractivity contribution < 1.29 is 31.8 Å². The maximum Gasteiger partial charge on any atom is 0.264 e. The van der Waals surface area contributed by atoms with Crippen molar-refractivity contribution in [3.05, 3.63) is 71.5 Å². The summed E-state index contributed by atoms with van der Waals surface area (Å²) in [5.74, 6) is -0.438. The summed E-state index contributed by atoms with van der Waals surface area (Å²) < 4.78 is 57.8. The van der Waals surface area contributed by atoms with Crippen LogP contribution in [0.3, 0.4) is 0 Å². The Balaban J connectivity index is 2.02. The largest absolute Gasteiger partial charge is 0.493 e. The minimum Gasteiger partial charge on any atom is -0.493 e. The number of carbonyl (C=O) groups excluding carboxylic acids is 1. The van der Waals surface area contributed by atoms with Gasteiger partial charge < -0.3 is 19.5 Å². The number of rotatable bonds is 10. The zero-order valence-electron chi connectivity index (χ0n) is 19.2. The molecule has 1 N–H and O–H groups in total. The minimum absolute atomic E-state index is 0.000529. The Labute approximate surface area is 208 Å². The highest BCUT2D eigenvalue weighted by atomic mass is 35.5. The third-order valence-electron chi connectivity index (χ3n) is 4.88. The van der Waals surface area contributed by atoms with Crippen LogP contribution in [-0.2, 0) is 14.8 Å². The second-order valence-electron chi connectivity index (χ2n) is 7.10. The maximum absolute atomic E-state index is 13.8. The number of methoxy groups -OCH3 is 2. The Morgan fingerprint density at radius 1 is 1.00 bits per heavy atom. The number of amides is 1. The van der Waals surface area contributed by atoms with Crippen molar-refractivity contribution >= 4 is 38.9 Å². The van der Waals surface area contributed by atoms with E-state index < -0.39 is 28.3 Å². The zero-order chi connectivity index (χ0) is 25.6. The van der Waals surface area contributed by atoms with Crippen LogP contribution in [0.5, 0.6) is 17.2 Å². The lowest BCUT2D eigenvalue weighted by molar-refractivity contribution is -0.114. The molecule has 0 bridgehead atoms. The van der Waals surface area contributed by atoms with E-state index in [0.29, 0.717) is 23.8 Å². The van der Waals surface area contributed by atoms with E-state index in [1.54, 1.807) is 31.2 Å². The quantitative estimate of drug-likeness (QED) is 0.414. The van der Waals surface area contributed by atoms with E-state index in [1.807, 2.05) is 0 Å². The van der Waals surface area contributed by atoms with Crippen molar-refractivity contribution in [2.75, 3.05) is 37.0 Å². The lowest BCUT2D eigenvalue weighted by Crippen LogP contribution is -2.38. The summed E-state index contributed by atoms with van der Waals surface area (Å²) >= 11 is 5.91. The average Bonchev–Trinajstić information content (AvgIpc) is 2.85. The lowest BCUT2D eigenvalue weighted by atomic mass is 10.3. The number of halogens is 2. The molecule has 0 atom stereocenters. The zero-order valence-corrected chi connectivity index (χ0v) is 20.8. The van der Waals surface area contributed by atoms with E-state index in [0.717, 1.165) is 16.4 Å². The van der Waals surface area contributed by atoms with Gasteiger partial charge in [0.1, 0.15) is 18.1 Å². The van der Waals surface area contributed by atoms with Gasteiger partial charge in [0.2, 0.25) is 5.91 Å². The summed E-state index contributed by atoms with van der Waals surface area (Å²) in [5.41, 5.74) is 0.374. The van der Waals surface area contributed by atoms with Crippen LogP contribution in [0, 0.1) is 5.82 Å². The van der Waals surface area contributed by atoms with Crippen LogP contribution in [0.15, 0.2) is 65.6 Å². The molecule has 0 unspecified atom stereocenters. The van der Waals surface area contributed by atoms with Crippen molar-refractivity contribution in [3.8, 4) is 17.2 Å². The van der Waals surface area contributed by atoms with Gasteiger partial charge in [-0.25, -0.2) is 12.8 Å². The second kappa shape index (κ2) is 11.3. The Bertz CT molecular complexity index is 1320. The van der Waals surface area contributed by atoms with Gasteiger partial charge in [-0.05, 0) is 49.4 Å². The van der Waals surface area contributed by atoms with Gasteiger partial charge in [0.25, 0.3) is 10.0 Å². The lowest BCUT2D eigenvalue weighted by Gasteiger charge is -2.25. The molecule has 1 amide bonds. The summed E-state index contributed by atoms with van der Waals surface area (Å²) in [5, 5.41) is 2.37. The Kier molecular flexibility index (Phi) is 8.42. The molecule has 11 heteroatoms. The fourth-order valence-electron chi connectivity index (χ4n) is 3.23. The van der Waals surface area contributed by atoms with Crippen molar-refractivity contribution in [3.63, 3.8) is 0 Å². The van der Waals surface area contributed by atoms with Crippen LogP contribution >= 0.6 is 11.6 Å². The van der Waals surface area contributed by atoms with E-state index in [9.17, 15) is 17.6 Å². The van der Waals surface area contributed by atoms with Crippen LogP contribution in [0.25, 0.3) is 0 Å². The van der Waals surface area contributed by atoms with E-state index in [4.69, 9.17) is 25.8 Å². The normalized spacial score (nSPS) is 11.0. The van der Waals surface area contributed by atoms with Crippen molar-refractivity contribution in [2.45, 2.75) is 11.8 Å². The van der Waals surface area contributed by atoms with Crippen molar-refractivity contribution in [1.82, 2.24) is 0 Å². The molecule has 3 aromatic rings. The highest BCUT2D eigenvalue weighted by molar-refractivity contribution is 7.92. The SMILES string of the molecule is CCOc1ccccc1NC(=O)CN(c1ccc(F)c(Cl)c1)S(=O)(=O)c1ccc(OC)c(OC)c1. The molecule has 0 fully saturated rings. The summed E-state index contributed by atoms with van der Waals surface area (Å²) in [6.07, 6.45) is 0. The highest BCUT2D eigenvalue weighted by Crippen LogP contribution is 2.33. The fraction of sp³-hybridized carbons (Fsp3) is 0.208. The first-order valence-electron chi connectivity index (χ1n) is 10.4. The molecule has 3 rings (SSSR count). The number of sulfonamides is 1. The van der Waals surface area contributed by atoms with Gasteiger partial charge in [0.05, 0.1) is 42.1 Å². The standard InChI is InChI=1S/C24H24ClFN2O6S/c1-4-34-21-8-6-5-7-20(21)27-24(29)15-28(16-9-11-19(26)18(25)13-16)35(30,31)17-10-12-22(32-2)23(14-17)33-3/h5-14H,4,15H2,1-3H3,(H,27,29). The second-order valence-corrected chi connectivity index (χ2v) is 9.37. The van der Waals surface area contributed by atoms with E-state index in [2.05, 4.69) is 5.32 Å². The third kappa shape index (κ3) is 5.95. The first kappa shape index (κ1) is 26.1. The van der Waals surface area contributed by atoms with Gasteiger partial charge in [0.15, 0.2) is 11.5 Å². The van der Waals surface area contributed by atoms with Crippen LogP contribution in [-0.4, -0.2) is 41.7 Å². The number of nitrogens with one attached hydrogen (secondary N) is 1. The predicted molar refractivity (Wildman–Crippen MR) is 132 cm³/mol. The number of hydrogen-bond donors (Lipinski definition) is 1. The molecule has 0 radical (unpaired) electrons. The first-order valence-corrected chi connectivity index (χ1v) is 12.2. The minimum atomic E-state index is -4.32. The summed E-state index contributed by atoms with van der Waals surface area (Å²) in [7, 11) is -1.53. The molecule has 0 saturated heterocycles. The molecule has 0 aliphatic rings. The molecule has 35 heavy (non-hydrogen) atoms. The molecular formula is C24H24ClFN2O6S. The monoisotopic (exact) mass is 522 g/mol. The summed E-state index contributed by atoms with van der Waals surface area (Å²) in [6.45, 7) is 1.55. The Morgan fingerprint density at radius 3 is 2.37 bits per heavy atom. The Morgan fingerprint density at radius 2 is 1.71 bits per heavy atom. The molecule has 186 valence electrons. The maximum atomic E-state index is 13.8. The van der Waals surface area contributed by atoms with Crippen LogP contribution in [0.4, 0.5) is 15.8 Å². The van der Waals surface area contributed by atoms with E-state index in [-0.39, 0.29) is 21.4 Å². The van der Waals surface area contributed by atoms with Crippen LogP contribution < -0.4 is 23.8 Å². The number of benzene rings is 3. The molecule has 0 aliphatic heterocycles. The Hall–Kier alpha value is -3.50.